The Kier molecular flexibility index (Phi) is 7.45. The second-order valence-electron chi connectivity index (χ2n) is 6.76. The predicted molar refractivity (Wildman–Crippen MR) is 115 cm³/mol. The summed E-state index contributed by atoms with van der Waals surface area (Å²) in [5, 5.41) is 3.52. The second-order valence-corrected chi connectivity index (χ2v) is 7.85. The fourth-order valence-corrected chi connectivity index (χ4v) is 4.49. The van der Waals surface area contributed by atoms with Crippen molar-refractivity contribution < 1.29 is 4.74 Å². The van der Waals surface area contributed by atoms with Crippen LogP contribution in [0.1, 0.15) is 12.0 Å². The van der Waals surface area contributed by atoms with Crippen molar-refractivity contribution in [3.63, 3.8) is 0 Å². The number of nitrogens with zero attached hydrogens (tertiary/aromatic N) is 2. The molecule has 1 unspecified atom stereocenters. The van der Waals surface area contributed by atoms with Gasteiger partial charge in [-0.15, -0.1) is 11.8 Å². The standard InChI is InChI=1S/C22H29N3OS/c1-23-22(24-14-12-19-8-6-7-11-21(19)26-2)25-15-13-18(16-25)17-27-20-9-4-3-5-10-20/h3-11,18H,12-17H2,1-2H3,(H,23,24). The highest BCUT2D eigenvalue weighted by molar-refractivity contribution is 7.99. The maximum atomic E-state index is 5.44. The molecule has 5 heteroatoms. The number of hydrogen-bond donors (Lipinski definition) is 1. The summed E-state index contributed by atoms with van der Waals surface area (Å²) in [5.41, 5.74) is 1.22. The van der Waals surface area contributed by atoms with Crippen LogP contribution in [0.5, 0.6) is 5.75 Å². The molecule has 2 aromatic rings. The minimum absolute atomic E-state index is 0.711. The molecule has 1 aliphatic heterocycles. The molecule has 3 rings (SSSR count). The molecule has 0 aliphatic carbocycles. The molecule has 27 heavy (non-hydrogen) atoms. The van der Waals surface area contributed by atoms with Crippen LogP contribution < -0.4 is 10.1 Å². The van der Waals surface area contributed by atoms with E-state index in [9.17, 15) is 0 Å². The summed E-state index contributed by atoms with van der Waals surface area (Å²) < 4.78 is 5.44. The molecule has 1 N–H and O–H groups in total. The lowest BCUT2D eigenvalue weighted by Gasteiger charge is -2.22. The lowest BCUT2D eigenvalue weighted by Crippen LogP contribution is -2.41. The molecule has 0 aromatic heterocycles. The summed E-state index contributed by atoms with van der Waals surface area (Å²) in [4.78, 5) is 8.23. The van der Waals surface area contributed by atoms with Crippen LogP contribution in [0.15, 0.2) is 64.5 Å². The van der Waals surface area contributed by atoms with Crippen LogP contribution in [0.2, 0.25) is 0 Å². The van der Waals surface area contributed by atoms with Gasteiger partial charge in [-0.25, -0.2) is 0 Å². The third kappa shape index (κ3) is 5.67. The highest BCUT2D eigenvalue weighted by Gasteiger charge is 2.24. The molecule has 1 atom stereocenters. The lowest BCUT2D eigenvalue weighted by atomic mass is 10.1. The van der Waals surface area contributed by atoms with Crippen molar-refractivity contribution >= 4 is 17.7 Å². The average molecular weight is 384 g/mol. The quantitative estimate of drug-likeness (QED) is 0.447. The Morgan fingerprint density at radius 2 is 1.96 bits per heavy atom. The molecular weight excluding hydrogens is 354 g/mol. The van der Waals surface area contributed by atoms with E-state index >= 15 is 0 Å². The van der Waals surface area contributed by atoms with Gasteiger partial charge in [-0.05, 0) is 42.5 Å². The molecule has 1 saturated heterocycles. The van der Waals surface area contributed by atoms with E-state index in [2.05, 4.69) is 57.7 Å². The average Bonchev–Trinajstić information content (AvgIpc) is 3.19. The first-order valence-electron chi connectivity index (χ1n) is 9.55. The van der Waals surface area contributed by atoms with Crippen molar-refractivity contribution in [1.82, 2.24) is 10.2 Å². The van der Waals surface area contributed by atoms with Gasteiger partial charge in [0.1, 0.15) is 5.75 Å². The van der Waals surface area contributed by atoms with E-state index in [0.29, 0.717) is 5.92 Å². The highest BCUT2D eigenvalue weighted by Crippen LogP contribution is 2.26. The van der Waals surface area contributed by atoms with Gasteiger partial charge in [-0.2, -0.15) is 0 Å². The Balaban J connectivity index is 1.44. The Morgan fingerprint density at radius 1 is 1.19 bits per heavy atom. The number of ether oxygens (including phenoxy) is 1. The van der Waals surface area contributed by atoms with Crippen LogP contribution in [-0.2, 0) is 6.42 Å². The van der Waals surface area contributed by atoms with Crippen LogP contribution in [0.4, 0.5) is 0 Å². The summed E-state index contributed by atoms with van der Waals surface area (Å²) in [6, 6.07) is 18.9. The zero-order chi connectivity index (χ0) is 18.9. The van der Waals surface area contributed by atoms with Crippen molar-refractivity contribution in [2.45, 2.75) is 17.7 Å². The van der Waals surface area contributed by atoms with Crippen molar-refractivity contribution in [1.29, 1.82) is 0 Å². The van der Waals surface area contributed by atoms with Gasteiger partial charge in [-0.1, -0.05) is 36.4 Å². The van der Waals surface area contributed by atoms with E-state index in [4.69, 9.17) is 4.74 Å². The number of nitrogens with one attached hydrogen (secondary N) is 1. The molecule has 0 radical (unpaired) electrons. The van der Waals surface area contributed by atoms with E-state index in [1.54, 1.807) is 7.11 Å². The third-order valence-electron chi connectivity index (χ3n) is 4.90. The fraction of sp³-hybridized carbons (Fsp3) is 0.409. The number of para-hydroxylation sites is 1. The van der Waals surface area contributed by atoms with E-state index < -0.39 is 0 Å². The first-order chi connectivity index (χ1) is 13.3. The Morgan fingerprint density at radius 3 is 2.74 bits per heavy atom. The lowest BCUT2D eigenvalue weighted by molar-refractivity contribution is 0.409. The summed E-state index contributed by atoms with van der Waals surface area (Å²) in [6.45, 7) is 3.01. The molecule has 144 valence electrons. The van der Waals surface area contributed by atoms with Crippen LogP contribution in [0, 0.1) is 5.92 Å². The van der Waals surface area contributed by atoms with Gasteiger partial charge in [0, 0.05) is 37.3 Å². The number of methoxy groups -OCH3 is 1. The highest BCUT2D eigenvalue weighted by atomic mass is 32.2. The van der Waals surface area contributed by atoms with E-state index in [1.807, 2.05) is 30.9 Å². The largest absolute Gasteiger partial charge is 0.496 e. The Hall–Kier alpha value is -2.14. The summed E-state index contributed by atoms with van der Waals surface area (Å²) in [5.74, 6) is 3.84. The Bertz CT molecular complexity index is 735. The predicted octanol–water partition coefficient (Wildman–Crippen LogP) is 3.93. The third-order valence-corrected chi connectivity index (χ3v) is 6.14. The molecule has 0 amide bonds. The number of likely N-dealkylation sites (tertiary alicyclic amines) is 1. The molecule has 0 spiro atoms. The molecule has 0 saturated carbocycles. The van der Waals surface area contributed by atoms with Crippen LogP contribution >= 0.6 is 11.8 Å². The molecule has 1 aliphatic rings. The van der Waals surface area contributed by atoms with E-state index in [1.165, 1.54) is 22.6 Å². The summed E-state index contributed by atoms with van der Waals surface area (Å²) in [7, 11) is 3.60. The van der Waals surface area contributed by atoms with Crippen LogP contribution in [0.3, 0.4) is 0 Å². The topological polar surface area (TPSA) is 36.9 Å². The van der Waals surface area contributed by atoms with Crippen molar-refractivity contribution in [3.05, 3.63) is 60.2 Å². The van der Waals surface area contributed by atoms with Gasteiger partial charge < -0.3 is 15.0 Å². The zero-order valence-electron chi connectivity index (χ0n) is 16.2. The van der Waals surface area contributed by atoms with Gasteiger partial charge >= 0.3 is 0 Å². The van der Waals surface area contributed by atoms with Crippen LogP contribution in [0.25, 0.3) is 0 Å². The second kappa shape index (κ2) is 10.3. The summed E-state index contributed by atoms with van der Waals surface area (Å²) in [6.07, 6.45) is 2.15. The van der Waals surface area contributed by atoms with Crippen LogP contribution in [-0.4, -0.2) is 50.4 Å². The molecule has 4 nitrogen and oxygen atoms in total. The monoisotopic (exact) mass is 383 g/mol. The number of guanidine groups is 1. The van der Waals surface area contributed by atoms with E-state index in [-0.39, 0.29) is 0 Å². The maximum Gasteiger partial charge on any atom is 0.193 e. The van der Waals surface area contributed by atoms with Crippen molar-refractivity contribution in [2.24, 2.45) is 10.9 Å². The number of aliphatic imine (C=N–C) groups is 1. The normalized spacial score (nSPS) is 17.2. The van der Waals surface area contributed by atoms with Crippen molar-refractivity contribution in [3.8, 4) is 5.75 Å². The van der Waals surface area contributed by atoms with Crippen molar-refractivity contribution in [2.75, 3.05) is 39.5 Å². The first-order valence-corrected chi connectivity index (χ1v) is 10.5. The number of thioether (sulfide) groups is 1. The molecule has 1 heterocycles. The van der Waals surface area contributed by atoms with Gasteiger partial charge in [0.15, 0.2) is 5.96 Å². The smallest absolute Gasteiger partial charge is 0.193 e. The molecule has 2 aromatic carbocycles. The van der Waals surface area contributed by atoms with E-state index in [0.717, 1.165) is 37.8 Å². The zero-order valence-corrected chi connectivity index (χ0v) is 17.0. The molecule has 0 bridgehead atoms. The Labute approximate surface area is 167 Å². The minimum Gasteiger partial charge on any atom is -0.496 e. The molecule has 1 fully saturated rings. The van der Waals surface area contributed by atoms with Gasteiger partial charge in [0.2, 0.25) is 0 Å². The number of benzene rings is 2. The first kappa shape index (κ1) is 19.6. The molecular formula is C22H29N3OS. The maximum absolute atomic E-state index is 5.44. The number of hydrogen-bond acceptors (Lipinski definition) is 3. The van der Waals surface area contributed by atoms with Gasteiger partial charge in [0.05, 0.1) is 7.11 Å². The van der Waals surface area contributed by atoms with Gasteiger partial charge in [-0.3, -0.25) is 4.99 Å². The van der Waals surface area contributed by atoms with Gasteiger partial charge in [0.25, 0.3) is 0 Å². The SMILES string of the molecule is CN=C(NCCc1ccccc1OC)N1CCC(CSc2ccccc2)C1. The number of rotatable bonds is 7. The fourth-order valence-electron chi connectivity index (χ4n) is 3.44. The summed E-state index contributed by atoms with van der Waals surface area (Å²) >= 11 is 1.96. The minimum atomic E-state index is 0.711.